The fourth-order valence-corrected chi connectivity index (χ4v) is 4.11. The molecule has 0 aromatic heterocycles. The number of carbonyl (C=O) groups excluding carboxylic acids is 1. The van der Waals surface area contributed by atoms with Crippen molar-refractivity contribution in [1.29, 1.82) is 0 Å². The molecule has 0 radical (unpaired) electrons. The van der Waals surface area contributed by atoms with E-state index in [2.05, 4.69) is 11.7 Å². The van der Waals surface area contributed by atoms with Crippen molar-refractivity contribution in [3.8, 4) is 0 Å². The molecule has 1 aliphatic heterocycles. The van der Waals surface area contributed by atoms with Crippen LogP contribution in [0.1, 0.15) is 12.5 Å². The molecule has 5 nitrogen and oxygen atoms in total. The third-order valence-corrected chi connectivity index (χ3v) is 5.73. The van der Waals surface area contributed by atoms with Gasteiger partial charge in [-0.1, -0.05) is 31.2 Å². The van der Waals surface area contributed by atoms with E-state index < -0.39 is 15.8 Å². The van der Waals surface area contributed by atoms with Gasteiger partial charge in [-0.05, 0) is 36.2 Å². The molecule has 1 aliphatic rings. The number of hydrogen-bond donors (Lipinski definition) is 0. The minimum absolute atomic E-state index is 0.0902. The van der Waals surface area contributed by atoms with Gasteiger partial charge in [-0.25, -0.2) is 13.2 Å². The summed E-state index contributed by atoms with van der Waals surface area (Å²) in [6, 6.07) is 14.4. The first kappa shape index (κ1) is 16.3. The third-order valence-electron chi connectivity index (χ3n) is 3.96. The molecule has 0 spiro atoms. The lowest BCUT2D eigenvalue weighted by atomic mass is 10.1. The lowest BCUT2D eigenvalue weighted by molar-refractivity contribution is -0.135. The Morgan fingerprint density at radius 2 is 1.75 bits per heavy atom. The van der Waals surface area contributed by atoms with E-state index in [0.717, 1.165) is 12.1 Å². The summed E-state index contributed by atoms with van der Waals surface area (Å²) in [5.41, 5.74) is 2.46. The normalized spacial score (nSPS) is 15.4. The average Bonchev–Trinajstić information content (AvgIpc) is 2.61. The van der Waals surface area contributed by atoms with Crippen LogP contribution in [0, 0.1) is 0 Å². The van der Waals surface area contributed by atoms with Gasteiger partial charge in [0, 0.05) is 11.9 Å². The number of para-hydroxylation sites is 1. The van der Waals surface area contributed by atoms with E-state index in [1.54, 1.807) is 23.1 Å². The second-order valence-corrected chi connectivity index (χ2v) is 7.23. The van der Waals surface area contributed by atoms with Gasteiger partial charge in [0.05, 0.1) is 17.7 Å². The number of benzene rings is 2. The molecule has 0 saturated carbocycles. The van der Waals surface area contributed by atoms with Gasteiger partial charge in [-0.3, -0.25) is 0 Å². The number of fused-ring (bicyclic) bond motifs is 1. The molecule has 0 aliphatic carbocycles. The van der Waals surface area contributed by atoms with E-state index >= 15 is 0 Å². The maximum absolute atomic E-state index is 12.7. The highest BCUT2D eigenvalue weighted by Gasteiger charge is 2.36. The Balaban J connectivity index is 2.21. The van der Waals surface area contributed by atoms with Gasteiger partial charge in [-0.15, -0.1) is 0 Å². The molecule has 0 fully saturated rings. The van der Waals surface area contributed by atoms with Crippen LogP contribution in [0.15, 0.2) is 64.5 Å². The predicted octanol–water partition coefficient (Wildman–Crippen LogP) is 3.19. The van der Waals surface area contributed by atoms with E-state index in [0.29, 0.717) is 5.69 Å². The van der Waals surface area contributed by atoms with Gasteiger partial charge in [0.1, 0.15) is 0 Å². The van der Waals surface area contributed by atoms with Crippen LogP contribution in [0.25, 0.3) is 0 Å². The number of nitrogens with zero attached hydrogens (tertiary/aromatic N) is 1. The van der Waals surface area contributed by atoms with Crippen LogP contribution in [-0.4, -0.2) is 21.5 Å². The van der Waals surface area contributed by atoms with E-state index in [4.69, 9.17) is 0 Å². The van der Waals surface area contributed by atoms with Crippen LogP contribution in [0.2, 0.25) is 0 Å². The van der Waals surface area contributed by atoms with Crippen molar-refractivity contribution in [3.05, 3.63) is 65.2 Å². The monoisotopic (exact) mass is 343 g/mol. The van der Waals surface area contributed by atoms with Crippen molar-refractivity contribution in [3.63, 3.8) is 0 Å². The minimum atomic E-state index is -3.90. The molecule has 1 heterocycles. The van der Waals surface area contributed by atoms with Crippen molar-refractivity contribution in [2.24, 2.45) is 0 Å². The summed E-state index contributed by atoms with van der Waals surface area (Å²) in [5, 5.41) is 0. The van der Waals surface area contributed by atoms with Crippen LogP contribution < -0.4 is 4.90 Å². The zero-order valence-corrected chi connectivity index (χ0v) is 14.2. The first-order chi connectivity index (χ1) is 11.5. The van der Waals surface area contributed by atoms with Gasteiger partial charge < -0.3 is 9.64 Å². The van der Waals surface area contributed by atoms with Gasteiger partial charge in [0.25, 0.3) is 0 Å². The third kappa shape index (κ3) is 2.59. The maximum atomic E-state index is 12.7. The van der Waals surface area contributed by atoms with Crippen LogP contribution in [0.4, 0.5) is 11.4 Å². The van der Waals surface area contributed by atoms with Crippen LogP contribution in [0.5, 0.6) is 0 Å². The van der Waals surface area contributed by atoms with E-state index in [-0.39, 0.29) is 9.80 Å². The van der Waals surface area contributed by atoms with Gasteiger partial charge in [-0.2, -0.15) is 0 Å². The highest BCUT2D eigenvalue weighted by atomic mass is 32.2. The number of anilines is 2. The Morgan fingerprint density at radius 1 is 1.08 bits per heavy atom. The molecular weight excluding hydrogens is 326 g/mol. The molecule has 0 atom stereocenters. The number of rotatable bonds is 3. The number of hydrogen-bond acceptors (Lipinski definition) is 5. The Labute approximate surface area is 141 Å². The lowest BCUT2D eigenvalue weighted by Gasteiger charge is -2.28. The largest absolute Gasteiger partial charge is 0.465 e. The quantitative estimate of drug-likeness (QED) is 0.801. The molecule has 24 heavy (non-hydrogen) atoms. The molecule has 124 valence electrons. The number of sulfone groups is 1. The van der Waals surface area contributed by atoms with Crippen LogP contribution in [0.3, 0.4) is 0 Å². The first-order valence-corrected chi connectivity index (χ1v) is 8.99. The number of aryl methyl sites for hydroxylation is 1. The van der Waals surface area contributed by atoms with Crippen molar-refractivity contribution in [2.75, 3.05) is 12.0 Å². The molecule has 2 aromatic rings. The van der Waals surface area contributed by atoms with Crippen molar-refractivity contribution in [2.45, 2.75) is 18.2 Å². The van der Waals surface area contributed by atoms with E-state index in [1.807, 2.05) is 24.3 Å². The molecule has 0 saturated heterocycles. The summed E-state index contributed by atoms with van der Waals surface area (Å²) in [7, 11) is -2.74. The first-order valence-electron chi connectivity index (χ1n) is 7.51. The fourth-order valence-electron chi connectivity index (χ4n) is 2.63. The van der Waals surface area contributed by atoms with Gasteiger partial charge in [0.15, 0.2) is 4.91 Å². The molecule has 0 unspecified atom stereocenters. The molecule has 2 aromatic carbocycles. The fraction of sp³-hybridized carbons (Fsp3) is 0.167. The predicted molar refractivity (Wildman–Crippen MR) is 91.7 cm³/mol. The number of carbonyl (C=O) groups is 1. The van der Waals surface area contributed by atoms with Crippen LogP contribution in [-0.2, 0) is 25.8 Å². The summed E-state index contributed by atoms with van der Waals surface area (Å²) in [6.07, 6.45) is 2.24. The van der Waals surface area contributed by atoms with Crippen molar-refractivity contribution < 1.29 is 17.9 Å². The number of methoxy groups -OCH3 is 1. The molecule has 3 rings (SSSR count). The van der Waals surface area contributed by atoms with Gasteiger partial charge >= 0.3 is 5.97 Å². The topological polar surface area (TPSA) is 63.7 Å². The summed E-state index contributed by atoms with van der Waals surface area (Å²) in [6.45, 7) is 2.06. The number of esters is 1. The summed E-state index contributed by atoms with van der Waals surface area (Å²) >= 11 is 0. The molecule has 0 bridgehead atoms. The maximum Gasteiger partial charge on any atom is 0.351 e. The Bertz CT molecular complexity index is 914. The van der Waals surface area contributed by atoms with Gasteiger partial charge in [0.2, 0.25) is 9.84 Å². The SMILES string of the molecule is CCc1ccc(N2C=C(C(=O)OC)S(=O)(=O)c3ccccc32)cc1. The highest BCUT2D eigenvalue weighted by Crippen LogP contribution is 2.39. The minimum Gasteiger partial charge on any atom is -0.465 e. The highest BCUT2D eigenvalue weighted by molar-refractivity contribution is 7.96. The summed E-state index contributed by atoms with van der Waals surface area (Å²) < 4.78 is 30.0. The average molecular weight is 343 g/mol. The zero-order valence-electron chi connectivity index (χ0n) is 13.4. The molecule has 6 heteroatoms. The van der Waals surface area contributed by atoms with Crippen molar-refractivity contribution >= 4 is 27.2 Å². The second kappa shape index (κ2) is 6.13. The lowest BCUT2D eigenvalue weighted by Crippen LogP contribution is -2.26. The van der Waals surface area contributed by atoms with E-state index in [1.165, 1.54) is 24.9 Å². The van der Waals surface area contributed by atoms with Crippen LogP contribution >= 0.6 is 0 Å². The Morgan fingerprint density at radius 3 is 2.38 bits per heavy atom. The standard InChI is InChI=1S/C18H17NO4S/c1-3-13-8-10-14(11-9-13)19-12-17(18(20)23-2)24(21,22)16-7-5-4-6-15(16)19/h4-12H,3H2,1-2H3. The zero-order chi connectivity index (χ0) is 17.3. The summed E-state index contributed by atoms with van der Waals surface area (Å²) in [5.74, 6) is -0.875. The molecule has 0 N–H and O–H groups in total. The second-order valence-electron chi connectivity index (χ2n) is 5.35. The molecular formula is C18H17NO4S. The van der Waals surface area contributed by atoms with E-state index in [9.17, 15) is 13.2 Å². The smallest absolute Gasteiger partial charge is 0.351 e. The molecule has 0 amide bonds. The summed E-state index contributed by atoms with van der Waals surface area (Å²) in [4.78, 5) is 13.4. The number of ether oxygens (including phenoxy) is 1. The van der Waals surface area contributed by atoms with Crippen molar-refractivity contribution in [1.82, 2.24) is 0 Å². The Kier molecular flexibility index (Phi) is 4.15. The Hall–Kier alpha value is -2.60.